The fourth-order valence-electron chi connectivity index (χ4n) is 1.22. The summed E-state index contributed by atoms with van der Waals surface area (Å²) < 4.78 is 12.1. The number of nitrogens with one attached hydrogen (secondary N) is 2. The number of hydrogen-bond donors (Lipinski definition) is 3. The largest absolute Gasteiger partial charge is 0.465 e. The molecule has 1 fully saturated rings. The third-order valence-corrected chi connectivity index (χ3v) is 1.85. The van der Waals surface area contributed by atoms with Gasteiger partial charge in [0.2, 0.25) is 0 Å². The molecule has 1 amide bonds. The molecule has 1 rings (SSSR count). The summed E-state index contributed by atoms with van der Waals surface area (Å²) in [6.45, 7) is 0.611. The van der Waals surface area contributed by atoms with Crippen molar-refractivity contribution in [2.45, 2.75) is 6.04 Å². The van der Waals surface area contributed by atoms with Gasteiger partial charge >= 0.3 is 6.09 Å². The second-order valence-electron chi connectivity index (χ2n) is 2.63. The summed E-state index contributed by atoms with van der Waals surface area (Å²) in [6, 6.07) is -0.266. The molecule has 1 heterocycles. The van der Waals surface area contributed by atoms with Crippen LogP contribution >= 0.6 is 0 Å². The van der Waals surface area contributed by atoms with E-state index in [0.717, 1.165) is 0 Å². The zero-order valence-corrected chi connectivity index (χ0v) is 6.01. The Labute approximate surface area is 63.8 Å². The summed E-state index contributed by atoms with van der Waals surface area (Å²) in [5.41, 5.74) is 0. The Bertz CT molecular complexity index is 154. The lowest BCUT2D eigenvalue weighted by molar-refractivity contribution is 0.186. The van der Waals surface area contributed by atoms with Crippen molar-refractivity contribution in [3.63, 3.8) is 0 Å². The number of alkyl halides is 1. The maximum Gasteiger partial charge on any atom is 0.404 e. The van der Waals surface area contributed by atoms with Crippen LogP contribution < -0.4 is 10.6 Å². The number of carbonyl (C=O) groups is 1. The van der Waals surface area contributed by atoms with Crippen molar-refractivity contribution in [3.05, 3.63) is 0 Å². The van der Waals surface area contributed by atoms with Gasteiger partial charge in [0, 0.05) is 19.0 Å². The van der Waals surface area contributed by atoms with Gasteiger partial charge in [-0.3, -0.25) is 4.39 Å². The number of carboxylic acid groups (broad SMARTS) is 1. The molecule has 0 aromatic rings. The van der Waals surface area contributed by atoms with Gasteiger partial charge in [0.1, 0.15) is 0 Å². The monoisotopic (exact) mass is 162 g/mol. The maximum absolute atomic E-state index is 12.1. The van der Waals surface area contributed by atoms with Gasteiger partial charge in [-0.05, 0) is 0 Å². The predicted molar refractivity (Wildman–Crippen MR) is 37.3 cm³/mol. The minimum atomic E-state index is -1.09. The highest BCUT2D eigenvalue weighted by Crippen LogP contribution is 2.08. The summed E-state index contributed by atoms with van der Waals surface area (Å²) in [6.07, 6.45) is -1.09. The summed E-state index contributed by atoms with van der Waals surface area (Å²) in [5.74, 6) is -0.203. The first kappa shape index (κ1) is 8.26. The number of hydrogen-bond acceptors (Lipinski definition) is 2. The molecule has 0 spiro atoms. The van der Waals surface area contributed by atoms with Gasteiger partial charge in [0.25, 0.3) is 0 Å². The Morgan fingerprint density at radius 3 is 3.00 bits per heavy atom. The Morgan fingerprint density at radius 2 is 2.45 bits per heavy atom. The molecule has 11 heavy (non-hydrogen) atoms. The SMILES string of the molecule is O=C(O)NC1CNCC1CF. The Hall–Kier alpha value is -0.840. The molecule has 1 aliphatic rings. The highest BCUT2D eigenvalue weighted by Gasteiger charge is 2.27. The molecule has 3 N–H and O–H groups in total. The van der Waals surface area contributed by atoms with Crippen LogP contribution in [0.3, 0.4) is 0 Å². The topological polar surface area (TPSA) is 61.4 Å². The molecule has 4 nitrogen and oxygen atoms in total. The molecule has 64 valence electrons. The highest BCUT2D eigenvalue weighted by molar-refractivity contribution is 5.65. The molecule has 2 unspecified atom stereocenters. The minimum Gasteiger partial charge on any atom is -0.465 e. The predicted octanol–water partition coefficient (Wildman–Crippen LogP) is -0.189. The smallest absolute Gasteiger partial charge is 0.404 e. The molecule has 0 radical (unpaired) electrons. The Kier molecular flexibility index (Phi) is 2.64. The first-order valence-corrected chi connectivity index (χ1v) is 3.50. The van der Waals surface area contributed by atoms with Crippen molar-refractivity contribution >= 4 is 6.09 Å². The Morgan fingerprint density at radius 1 is 1.73 bits per heavy atom. The van der Waals surface area contributed by atoms with E-state index in [1.807, 2.05) is 0 Å². The van der Waals surface area contributed by atoms with Crippen molar-refractivity contribution < 1.29 is 14.3 Å². The average Bonchev–Trinajstić information content (AvgIpc) is 2.34. The normalized spacial score (nSPS) is 30.3. The van der Waals surface area contributed by atoms with E-state index in [1.54, 1.807) is 0 Å². The van der Waals surface area contributed by atoms with Crippen molar-refractivity contribution in [3.8, 4) is 0 Å². The van der Waals surface area contributed by atoms with Gasteiger partial charge in [0.05, 0.1) is 12.7 Å². The molecule has 1 saturated heterocycles. The van der Waals surface area contributed by atoms with E-state index in [2.05, 4.69) is 10.6 Å². The summed E-state index contributed by atoms with van der Waals surface area (Å²) in [5, 5.41) is 13.5. The van der Waals surface area contributed by atoms with Crippen LogP contribution in [0.2, 0.25) is 0 Å². The highest BCUT2D eigenvalue weighted by atomic mass is 19.1. The lowest BCUT2D eigenvalue weighted by Crippen LogP contribution is -2.40. The average molecular weight is 162 g/mol. The van der Waals surface area contributed by atoms with Crippen molar-refractivity contribution in [2.24, 2.45) is 5.92 Å². The van der Waals surface area contributed by atoms with Crippen molar-refractivity contribution in [1.82, 2.24) is 10.6 Å². The quantitative estimate of drug-likeness (QED) is 0.527. The number of halogens is 1. The van der Waals surface area contributed by atoms with Gasteiger partial charge < -0.3 is 15.7 Å². The van der Waals surface area contributed by atoms with Gasteiger partial charge in [-0.25, -0.2) is 4.79 Å². The summed E-state index contributed by atoms with van der Waals surface area (Å²) in [7, 11) is 0. The van der Waals surface area contributed by atoms with E-state index in [9.17, 15) is 9.18 Å². The second-order valence-corrected chi connectivity index (χ2v) is 2.63. The van der Waals surface area contributed by atoms with E-state index in [-0.39, 0.29) is 12.0 Å². The van der Waals surface area contributed by atoms with Crippen LogP contribution in [-0.4, -0.2) is 37.0 Å². The lowest BCUT2D eigenvalue weighted by atomic mass is 10.1. The van der Waals surface area contributed by atoms with Gasteiger partial charge in [-0.15, -0.1) is 0 Å². The van der Waals surface area contributed by atoms with Crippen molar-refractivity contribution in [2.75, 3.05) is 19.8 Å². The maximum atomic E-state index is 12.1. The van der Waals surface area contributed by atoms with Gasteiger partial charge in [-0.1, -0.05) is 0 Å². The molecular formula is C6H11FN2O2. The summed E-state index contributed by atoms with van der Waals surface area (Å²) in [4.78, 5) is 10.2. The second kappa shape index (κ2) is 3.52. The molecule has 0 saturated carbocycles. The van der Waals surface area contributed by atoms with Crippen LogP contribution in [0.15, 0.2) is 0 Å². The van der Waals surface area contributed by atoms with Crippen LogP contribution in [0.4, 0.5) is 9.18 Å². The third kappa shape index (κ3) is 2.04. The van der Waals surface area contributed by atoms with Crippen LogP contribution in [0.5, 0.6) is 0 Å². The molecule has 0 bridgehead atoms. The molecular weight excluding hydrogens is 151 g/mol. The van der Waals surface area contributed by atoms with E-state index < -0.39 is 12.8 Å². The van der Waals surface area contributed by atoms with Crippen molar-refractivity contribution in [1.29, 1.82) is 0 Å². The van der Waals surface area contributed by atoms with Gasteiger partial charge in [0.15, 0.2) is 0 Å². The van der Waals surface area contributed by atoms with Crippen LogP contribution in [0.25, 0.3) is 0 Å². The third-order valence-electron chi connectivity index (χ3n) is 1.85. The fraction of sp³-hybridized carbons (Fsp3) is 0.833. The Balaban J connectivity index is 2.37. The van der Waals surface area contributed by atoms with Crippen LogP contribution in [-0.2, 0) is 0 Å². The van der Waals surface area contributed by atoms with Crippen LogP contribution in [0, 0.1) is 5.92 Å². The first-order chi connectivity index (χ1) is 5.24. The first-order valence-electron chi connectivity index (χ1n) is 3.50. The molecule has 0 aromatic carbocycles. The lowest BCUT2D eigenvalue weighted by Gasteiger charge is -2.14. The van der Waals surface area contributed by atoms with E-state index in [1.165, 1.54) is 0 Å². The molecule has 2 atom stereocenters. The standard InChI is InChI=1S/C6H11FN2O2/c7-1-4-2-8-3-5(4)9-6(10)11/h4-5,8-9H,1-3H2,(H,10,11). The molecule has 5 heteroatoms. The summed E-state index contributed by atoms with van der Waals surface area (Å²) >= 11 is 0. The molecule has 0 aromatic heterocycles. The number of amides is 1. The molecule has 0 aliphatic carbocycles. The van der Waals surface area contributed by atoms with E-state index >= 15 is 0 Å². The van der Waals surface area contributed by atoms with E-state index in [0.29, 0.717) is 13.1 Å². The zero-order chi connectivity index (χ0) is 8.27. The molecule has 1 aliphatic heterocycles. The van der Waals surface area contributed by atoms with Crippen LogP contribution in [0.1, 0.15) is 0 Å². The van der Waals surface area contributed by atoms with E-state index in [4.69, 9.17) is 5.11 Å². The fourth-order valence-corrected chi connectivity index (χ4v) is 1.22. The zero-order valence-electron chi connectivity index (χ0n) is 6.01. The minimum absolute atomic E-state index is 0.203. The number of rotatable bonds is 2. The van der Waals surface area contributed by atoms with Gasteiger partial charge in [-0.2, -0.15) is 0 Å².